The zero-order valence-electron chi connectivity index (χ0n) is 8.58. The standard InChI is InChI=1S/C11H15N2O/c1-11(2,3)7-10(14)13-9-5-4-6-12-8-9/h4-6,8H,1,7H2,2-3H3,(H,13,14). The number of anilines is 1. The molecule has 1 amide bonds. The van der Waals surface area contributed by atoms with Crippen LogP contribution >= 0.6 is 0 Å². The average molecular weight is 191 g/mol. The number of nitrogens with zero attached hydrogens (tertiary/aromatic N) is 1. The van der Waals surface area contributed by atoms with Gasteiger partial charge in [0.15, 0.2) is 0 Å². The predicted molar refractivity (Wildman–Crippen MR) is 56.6 cm³/mol. The number of aromatic nitrogens is 1. The van der Waals surface area contributed by atoms with E-state index >= 15 is 0 Å². The molecule has 3 nitrogen and oxygen atoms in total. The molecule has 14 heavy (non-hydrogen) atoms. The van der Waals surface area contributed by atoms with Gasteiger partial charge in [0.2, 0.25) is 5.91 Å². The van der Waals surface area contributed by atoms with Gasteiger partial charge in [0.1, 0.15) is 0 Å². The molecule has 75 valence electrons. The predicted octanol–water partition coefficient (Wildman–Crippen LogP) is 2.27. The van der Waals surface area contributed by atoms with Crippen molar-refractivity contribution in [2.45, 2.75) is 20.3 Å². The summed E-state index contributed by atoms with van der Waals surface area (Å²) in [7, 11) is 0. The molecule has 0 saturated carbocycles. The van der Waals surface area contributed by atoms with Crippen molar-refractivity contribution < 1.29 is 4.79 Å². The van der Waals surface area contributed by atoms with Gasteiger partial charge in [-0.25, -0.2) is 0 Å². The molecule has 1 aromatic rings. The summed E-state index contributed by atoms with van der Waals surface area (Å²) in [5.74, 6) is -0.0296. The highest BCUT2D eigenvalue weighted by Crippen LogP contribution is 2.18. The molecule has 0 bridgehead atoms. The summed E-state index contributed by atoms with van der Waals surface area (Å²) in [5, 5.41) is 2.76. The van der Waals surface area contributed by atoms with E-state index in [1.54, 1.807) is 24.5 Å². The second kappa shape index (κ2) is 4.22. The van der Waals surface area contributed by atoms with Crippen molar-refractivity contribution in [3.05, 3.63) is 31.5 Å². The molecular formula is C11H15N2O. The van der Waals surface area contributed by atoms with Crippen molar-refractivity contribution in [3.8, 4) is 0 Å². The van der Waals surface area contributed by atoms with E-state index in [0.29, 0.717) is 6.42 Å². The summed E-state index contributed by atoms with van der Waals surface area (Å²) < 4.78 is 0. The number of rotatable bonds is 3. The maximum Gasteiger partial charge on any atom is 0.224 e. The second-order valence-corrected chi connectivity index (χ2v) is 4.13. The Morgan fingerprint density at radius 2 is 2.36 bits per heavy atom. The third-order valence-corrected chi connectivity index (χ3v) is 1.58. The smallest absolute Gasteiger partial charge is 0.224 e. The Balaban J connectivity index is 2.50. The van der Waals surface area contributed by atoms with Crippen LogP contribution in [0.4, 0.5) is 5.69 Å². The van der Waals surface area contributed by atoms with E-state index in [1.165, 1.54) is 0 Å². The molecule has 1 heterocycles. The van der Waals surface area contributed by atoms with Crippen molar-refractivity contribution in [3.63, 3.8) is 0 Å². The van der Waals surface area contributed by atoms with Gasteiger partial charge in [-0.15, -0.1) is 0 Å². The molecule has 1 aromatic heterocycles. The third-order valence-electron chi connectivity index (χ3n) is 1.58. The van der Waals surface area contributed by atoms with Crippen molar-refractivity contribution in [1.29, 1.82) is 0 Å². The highest BCUT2D eigenvalue weighted by Gasteiger charge is 2.15. The Morgan fingerprint density at radius 3 is 2.86 bits per heavy atom. The molecule has 0 atom stereocenters. The Morgan fingerprint density at radius 1 is 1.64 bits per heavy atom. The topological polar surface area (TPSA) is 42.0 Å². The normalized spacial score (nSPS) is 11.1. The van der Waals surface area contributed by atoms with Crippen LogP contribution in [-0.2, 0) is 4.79 Å². The van der Waals surface area contributed by atoms with Crippen LogP contribution in [0.5, 0.6) is 0 Å². The monoisotopic (exact) mass is 191 g/mol. The SMILES string of the molecule is [CH2]C(C)(C)CC(=O)Nc1cccnc1. The van der Waals surface area contributed by atoms with E-state index in [9.17, 15) is 4.79 Å². The van der Waals surface area contributed by atoms with Gasteiger partial charge < -0.3 is 5.32 Å². The number of hydrogen-bond donors (Lipinski definition) is 1. The summed E-state index contributed by atoms with van der Waals surface area (Å²) in [6, 6.07) is 3.59. The molecule has 1 rings (SSSR count). The molecule has 1 N–H and O–H groups in total. The van der Waals surface area contributed by atoms with Crippen molar-refractivity contribution in [1.82, 2.24) is 4.98 Å². The highest BCUT2D eigenvalue weighted by molar-refractivity contribution is 5.90. The molecule has 0 aliphatic rings. The first kappa shape index (κ1) is 10.7. The molecule has 0 saturated heterocycles. The average Bonchev–Trinajstić information content (AvgIpc) is 2.02. The van der Waals surface area contributed by atoms with Gasteiger partial charge >= 0.3 is 0 Å². The van der Waals surface area contributed by atoms with Crippen LogP contribution in [0.2, 0.25) is 0 Å². The molecule has 0 fully saturated rings. The van der Waals surface area contributed by atoms with Crippen molar-refractivity contribution in [2.24, 2.45) is 5.41 Å². The van der Waals surface area contributed by atoms with Gasteiger partial charge in [-0.1, -0.05) is 13.8 Å². The minimum absolute atomic E-state index is 0.0296. The molecular weight excluding hydrogens is 176 g/mol. The lowest BCUT2D eigenvalue weighted by molar-refractivity contribution is -0.117. The Bertz CT molecular complexity index is 301. The first-order valence-corrected chi connectivity index (χ1v) is 4.53. The van der Waals surface area contributed by atoms with Crippen LogP contribution in [0.3, 0.4) is 0 Å². The molecule has 3 heteroatoms. The number of carbonyl (C=O) groups is 1. The minimum atomic E-state index is -0.230. The van der Waals surface area contributed by atoms with Gasteiger partial charge in [-0.05, 0) is 24.5 Å². The lowest BCUT2D eigenvalue weighted by Crippen LogP contribution is -2.19. The molecule has 0 aliphatic carbocycles. The van der Waals surface area contributed by atoms with Gasteiger partial charge in [-0.3, -0.25) is 9.78 Å². The van der Waals surface area contributed by atoms with Crippen LogP contribution < -0.4 is 5.32 Å². The number of pyridine rings is 1. The van der Waals surface area contributed by atoms with Crippen LogP contribution in [0, 0.1) is 12.3 Å². The summed E-state index contributed by atoms with van der Waals surface area (Å²) in [6.45, 7) is 7.73. The molecule has 0 unspecified atom stereocenters. The summed E-state index contributed by atoms with van der Waals surface area (Å²) in [5.41, 5.74) is 0.494. The fraction of sp³-hybridized carbons (Fsp3) is 0.364. The first-order chi connectivity index (χ1) is 6.47. The fourth-order valence-corrected chi connectivity index (χ4v) is 1.08. The lowest BCUT2D eigenvalue weighted by Gasteiger charge is -2.16. The Labute approximate surface area is 84.6 Å². The number of nitrogens with one attached hydrogen (secondary N) is 1. The molecule has 1 radical (unpaired) electrons. The zero-order valence-corrected chi connectivity index (χ0v) is 8.58. The highest BCUT2D eigenvalue weighted by atomic mass is 16.1. The van der Waals surface area contributed by atoms with Gasteiger partial charge in [0.05, 0.1) is 11.9 Å². The lowest BCUT2D eigenvalue weighted by atomic mass is 9.92. The Hall–Kier alpha value is -1.38. The van der Waals surface area contributed by atoms with E-state index in [2.05, 4.69) is 17.2 Å². The number of amides is 1. The first-order valence-electron chi connectivity index (χ1n) is 4.53. The summed E-state index contributed by atoms with van der Waals surface area (Å²) >= 11 is 0. The summed E-state index contributed by atoms with van der Waals surface area (Å²) in [4.78, 5) is 15.4. The van der Waals surface area contributed by atoms with Crippen LogP contribution in [0.15, 0.2) is 24.5 Å². The molecule has 0 aromatic carbocycles. The van der Waals surface area contributed by atoms with E-state index in [1.807, 2.05) is 13.8 Å². The number of carbonyl (C=O) groups excluding carboxylic acids is 1. The summed E-state index contributed by atoms with van der Waals surface area (Å²) in [6.07, 6.45) is 3.69. The third kappa shape index (κ3) is 4.03. The van der Waals surface area contributed by atoms with Crippen molar-refractivity contribution >= 4 is 11.6 Å². The second-order valence-electron chi connectivity index (χ2n) is 4.13. The zero-order chi connectivity index (χ0) is 10.6. The van der Waals surface area contributed by atoms with E-state index < -0.39 is 0 Å². The maximum atomic E-state index is 11.4. The van der Waals surface area contributed by atoms with Crippen LogP contribution in [0.25, 0.3) is 0 Å². The van der Waals surface area contributed by atoms with E-state index in [-0.39, 0.29) is 11.3 Å². The molecule has 0 aliphatic heterocycles. The van der Waals surface area contributed by atoms with Crippen LogP contribution in [-0.4, -0.2) is 10.9 Å². The van der Waals surface area contributed by atoms with E-state index in [0.717, 1.165) is 5.69 Å². The Kier molecular flexibility index (Phi) is 3.23. The van der Waals surface area contributed by atoms with Crippen LogP contribution in [0.1, 0.15) is 20.3 Å². The fourth-order valence-electron chi connectivity index (χ4n) is 1.08. The van der Waals surface area contributed by atoms with Gasteiger partial charge in [-0.2, -0.15) is 0 Å². The largest absolute Gasteiger partial charge is 0.325 e. The van der Waals surface area contributed by atoms with E-state index in [4.69, 9.17) is 0 Å². The molecule has 0 spiro atoms. The van der Waals surface area contributed by atoms with Crippen molar-refractivity contribution in [2.75, 3.05) is 5.32 Å². The quantitative estimate of drug-likeness (QED) is 0.796. The maximum absolute atomic E-state index is 11.4. The van der Waals surface area contributed by atoms with Gasteiger partial charge in [0.25, 0.3) is 0 Å². The van der Waals surface area contributed by atoms with Gasteiger partial charge in [0, 0.05) is 12.6 Å². The number of hydrogen-bond acceptors (Lipinski definition) is 2. The minimum Gasteiger partial charge on any atom is -0.325 e.